The van der Waals surface area contributed by atoms with Gasteiger partial charge >= 0.3 is 0 Å². The van der Waals surface area contributed by atoms with Crippen LogP contribution >= 0.6 is 11.6 Å². The van der Waals surface area contributed by atoms with Crippen molar-refractivity contribution in [1.29, 1.82) is 0 Å². The zero-order valence-electron chi connectivity index (χ0n) is 13.2. The number of halogens is 1. The number of Topliss-reactive ketones (excluding diaryl/α,β-unsaturated/α-hetero) is 1. The Morgan fingerprint density at radius 1 is 1.00 bits per heavy atom. The quantitative estimate of drug-likeness (QED) is 0.493. The molecule has 0 atom stereocenters. The van der Waals surface area contributed by atoms with Crippen molar-refractivity contribution >= 4 is 51.5 Å². The van der Waals surface area contributed by atoms with Crippen molar-refractivity contribution in [2.45, 2.75) is 6.92 Å². The van der Waals surface area contributed by atoms with Crippen molar-refractivity contribution in [3.05, 3.63) is 59.2 Å². The molecule has 0 spiro atoms. The fourth-order valence-electron chi connectivity index (χ4n) is 2.47. The highest BCUT2D eigenvalue weighted by molar-refractivity contribution is 6.48. The number of rotatable bonds is 4. The average Bonchev–Trinajstić information content (AvgIpc) is 2.96. The van der Waals surface area contributed by atoms with Gasteiger partial charge in [0.15, 0.2) is 0 Å². The number of H-pyrrole nitrogens is 1. The highest BCUT2D eigenvalue weighted by Crippen LogP contribution is 2.23. The summed E-state index contributed by atoms with van der Waals surface area (Å²) in [4.78, 5) is 38.7. The lowest BCUT2D eigenvalue weighted by molar-refractivity contribution is -0.114. The van der Waals surface area contributed by atoms with E-state index in [2.05, 4.69) is 15.6 Å². The SMILES string of the molecule is CC(=O)Nc1cccc(NC(=O)C(=O)c2c[nH]c3cc(Cl)ccc23)c1. The molecule has 25 heavy (non-hydrogen) atoms. The molecular weight excluding hydrogens is 342 g/mol. The molecule has 0 fully saturated rings. The van der Waals surface area contributed by atoms with Crippen LogP contribution in [0.4, 0.5) is 11.4 Å². The van der Waals surface area contributed by atoms with Crippen LogP contribution < -0.4 is 10.6 Å². The van der Waals surface area contributed by atoms with E-state index in [1.165, 1.54) is 13.1 Å². The summed E-state index contributed by atoms with van der Waals surface area (Å²) in [6.07, 6.45) is 1.48. The summed E-state index contributed by atoms with van der Waals surface area (Å²) in [5, 5.41) is 6.31. The van der Waals surface area contributed by atoms with E-state index in [0.29, 0.717) is 27.3 Å². The van der Waals surface area contributed by atoms with E-state index in [1.807, 2.05) is 0 Å². The minimum Gasteiger partial charge on any atom is -0.360 e. The first kappa shape index (κ1) is 16.7. The zero-order valence-corrected chi connectivity index (χ0v) is 14.0. The molecule has 0 saturated heterocycles. The van der Waals surface area contributed by atoms with Gasteiger partial charge in [-0.25, -0.2) is 0 Å². The van der Waals surface area contributed by atoms with Crippen LogP contribution in [-0.2, 0) is 9.59 Å². The topological polar surface area (TPSA) is 91.1 Å². The van der Waals surface area contributed by atoms with Crippen molar-refractivity contribution < 1.29 is 14.4 Å². The smallest absolute Gasteiger partial charge is 0.296 e. The van der Waals surface area contributed by atoms with Crippen LogP contribution in [0, 0.1) is 0 Å². The molecule has 2 amide bonds. The summed E-state index contributed by atoms with van der Waals surface area (Å²) in [6.45, 7) is 1.39. The lowest BCUT2D eigenvalue weighted by atomic mass is 10.1. The Morgan fingerprint density at radius 3 is 2.44 bits per heavy atom. The molecular formula is C18H14ClN3O3. The average molecular weight is 356 g/mol. The maximum absolute atomic E-state index is 12.4. The number of fused-ring (bicyclic) bond motifs is 1. The summed E-state index contributed by atoms with van der Waals surface area (Å²) < 4.78 is 0. The number of hydrogen-bond acceptors (Lipinski definition) is 3. The lowest BCUT2D eigenvalue weighted by Crippen LogP contribution is -2.22. The van der Waals surface area contributed by atoms with E-state index in [9.17, 15) is 14.4 Å². The molecule has 2 aromatic carbocycles. The summed E-state index contributed by atoms with van der Waals surface area (Å²) >= 11 is 5.91. The number of amides is 2. The van der Waals surface area contributed by atoms with Crippen LogP contribution in [0.25, 0.3) is 10.9 Å². The Labute approximate surface area is 148 Å². The summed E-state index contributed by atoms with van der Waals surface area (Å²) in [6, 6.07) is 11.6. The van der Waals surface area contributed by atoms with Crippen molar-refractivity contribution in [1.82, 2.24) is 4.98 Å². The predicted octanol–water partition coefficient (Wildman–Crippen LogP) is 3.60. The molecule has 1 aromatic heterocycles. The minimum absolute atomic E-state index is 0.225. The zero-order chi connectivity index (χ0) is 18.0. The number of hydrogen-bond donors (Lipinski definition) is 3. The number of anilines is 2. The Kier molecular flexibility index (Phi) is 4.54. The van der Waals surface area contributed by atoms with E-state index in [0.717, 1.165) is 0 Å². The van der Waals surface area contributed by atoms with E-state index in [-0.39, 0.29) is 11.5 Å². The van der Waals surface area contributed by atoms with Gasteiger partial charge in [-0.15, -0.1) is 0 Å². The highest BCUT2D eigenvalue weighted by Gasteiger charge is 2.20. The lowest BCUT2D eigenvalue weighted by Gasteiger charge is -2.07. The Bertz CT molecular complexity index is 994. The molecule has 3 aromatic rings. The van der Waals surface area contributed by atoms with E-state index < -0.39 is 11.7 Å². The maximum Gasteiger partial charge on any atom is 0.296 e. The Hall–Kier alpha value is -3.12. The van der Waals surface area contributed by atoms with Crippen LogP contribution in [0.5, 0.6) is 0 Å². The van der Waals surface area contributed by atoms with Crippen molar-refractivity contribution in [2.75, 3.05) is 10.6 Å². The molecule has 3 N–H and O–H groups in total. The van der Waals surface area contributed by atoms with Gasteiger partial charge in [-0.1, -0.05) is 23.7 Å². The fourth-order valence-corrected chi connectivity index (χ4v) is 2.65. The van der Waals surface area contributed by atoms with Gasteiger partial charge in [0.1, 0.15) is 0 Å². The summed E-state index contributed by atoms with van der Waals surface area (Å²) in [5.74, 6) is -1.66. The molecule has 0 saturated carbocycles. The van der Waals surface area contributed by atoms with Crippen molar-refractivity contribution in [2.24, 2.45) is 0 Å². The van der Waals surface area contributed by atoms with Gasteiger partial charge in [-0.2, -0.15) is 0 Å². The van der Waals surface area contributed by atoms with Crippen LogP contribution in [0.2, 0.25) is 5.02 Å². The van der Waals surface area contributed by atoms with Crippen molar-refractivity contribution in [3.8, 4) is 0 Å². The van der Waals surface area contributed by atoms with Gasteiger partial charge in [-0.05, 0) is 30.3 Å². The van der Waals surface area contributed by atoms with Gasteiger partial charge in [0.25, 0.3) is 11.7 Å². The van der Waals surface area contributed by atoms with Gasteiger partial charge in [-0.3, -0.25) is 14.4 Å². The molecule has 0 aliphatic heterocycles. The molecule has 0 bridgehead atoms. The van der Waals surface area contributed by atoms with Crippen LogP contribution in [-0.4, -0.2) is 22.6 Å². The number of aromatic amines is 1. The molecule has 6 nitrogen and oxygen atoms in total. The van der Waals surface area contributed by atoms with Crippen molar-refractivity contribution in [3.63, 3.8) is 0 Å². The number of nitrogens with one attached hydrogen (secondary N) is 3. The first-order valence-corrected chi connectivity index (χ1v) is 7.82. The normalized spacial score (nSPS) is 10.5. The summed E-state index contributed by atoms with van der Waals surface area (Å²) in [5.41, 5.74) is 1.88. The third-order valence-corrected chi connectivity index (χ3v) is 3.77. The second-order valence-corrected chi connectivity index (χ2v) is 5.87. The number of benzene rings is 2. The van der Waals surface area contributed by atoms with Crippen LogP contribution in [0.1, 0.15) is 17.3 Å². The Balaban J connectivity index is 1.81. The second-order valence-electron chi connectivity index (χ2n) is 5.44. The van der Waals surface area contributed by atoms with Gasteiger partial charge in [0.2, 0.25) is 5.91 Å². The first-order valence-electron chi connectivity index (χ1n) is 7.44. The molecule has 0 aliphatic rings. The third kappa shape index (κ3) is 3.70. The molecule has 0 aliphatic carbocycles. The molecule has 1 heterocycles. The van der Waals surface area contributed by atoms with Gasteiger partial charge in [0.05, 0.1) is 5.56 Å². The monoisotopic (exact) mass is 355 g/mol. The molecule has 3 rings (SSSR count). The van der Waals surface area contributed by atoms with Crippen LogP contribution in [0.15, 0.2) is 48.7 Å². The molecule has 126 valence electrons. The highest BCUT2D eigenvalue weighted by atomic mass is 35.5. The van der Waals surface area contributed by atoms with Gasteiger partial charge in [0, 0.05) is 40.4 Å². The number of carbonyl (C=O) groups excluding carboxylic acids is 3. The standard InChI is InChI=1S/C18H14ClN3O3/c1-10(23)21-12-3-2-4-13(8-12)22-18(25)17(24)15-9-20-16-7-11(19)5-6-14(15)16/h2-9,20H,1H3,(H,21,23)(H,22,25). The van der Waals surface area contributed by atoms with E-state index in [1.54, 1.807) is 42.5 Å². The van der Waals surface area contributed by atoms with E-state index >= 15 is 0 Å². The molecule has 0 unspecified atom stereocenters. The van der Waals surface area contributed by atoms with Crippen LogP contribution in [0.3, 0.4) is 0 Å². The maximum atomic E-state index is 12.4. The molecule has 7 heteroatoms. The number of aromatic nitrogens is 1. The van der Waals surface area contributed by atoms with E-state index in [4.69, 9.17) is 11.6 Å². The minimum atomic E-state index is -0.768. The Morgan fingerprint density at radius 2 is 1.72 bits per heavy atom. The third-order valence-electron chi connectivity index (χ3n) is 3.54. The first-order chi connectivity index (χ1) is 11.9. The predicted molar refractivity (Wildman–Crippen MR) is 97.0 cm³/mol. The number of ketones is 1. The van der Waals surface area contributed by atoms with Gasteiger partial charge < -0.3 is 15.6 Å². The molecule has 0 radical (unpaired) electrons. The largest absolute Gasteiger partial charge is 0.360 e. The fraction of sp³-hybridized carbons (Fsp3) is 0.0556. The number of carbonyl (C=O) groups is 3. The second kappa shape index (κ2) is 6.78. The summed E-state index contributed by atoms with van der Waals surface area (Å²) in [7, 11) is 0.